The maximum atomic E-state index is 11.9. The van der Waals surface area contributed by atoms with E-state index < -0.39 is 16.8 Å². The summed E-state index contributed by atoms with van der Waals surface area (Å²) in [6, 6.07) is -0.142. The zero-order valence-corrected chi connectivity index (χ0v) is 13.4. The maximum Gasteiger partial charge on any atom is 0.317 e. The van der Waals surface area contributed by atoms with Crippen LogP contribution in [0.2, 0.25) is 0 Å². The highest BCUT2D eigenvalue weighted by Gasteiger charge is 2.23. The van der Waals surface area contributed by atoms with E-state index in [0.717, 1.165) is 0 Å². The van der Waals surface area contributed by atoms with Crippen molar-refractivity contribution in [3.05, 3.63) is 0 Å². The highest BCUT2D eigenvalue weighted by Crippen LogP contribution is 2.14. The molecule has 2 unspecified atom stereocenters. The molecule has 0 radical (unpaired) electrons. The van der Waals surface area contributed by atoms with E-state index in [9.17, 15) is 13.8 Å². The number of carboxylic acids is 1. The molecule has 7 nitrogen and oxygen atoms in total. The number of nitrogens with zero attached hydrogens (tertiary/aromatic N) is 1. The predicted molar refractivity (Wildman–Crippen MR) is 79.7 cm³/mol. The molecule has 122 valence electrons. The summed E-state index contributed by atoms with van der Waals surface area (Å²) in [7, 11) is -0.946. The molecule has 0 spiro atoms. The summed E-state index contributed by atoms with van der Waals surface area (Å²) in [4.78, 5) is 24.0. The third-order valence-electron chi connectivity index (χ3n) is 3.51. The molecular formula is C13H24N2O5S. The molecule has 1 fully saturated rings. The summed E-state index contributed by atoms with van der Waals surface area (Å²) in [6.45, 7) is 3.63. The number of nitrogens with one attached hydrogen (secondary N) is 1. The van der Waals surface area contributed by atoms with Crippen molar-refractivity contribution in [3.8, 4) is 0 Å². The standard InChI is InChI=1S/C13H24N2O5S/c1-10(21(2)19)9-14-13(18)15-6-3-11(4-7-15)20-8-5-12(16)17/h10-11H,3-9H2,1-2H3,(H,14,18)(H,16,17). The van der Waals surface area contributed by atoms with Crippen LogP contribution in [0, 0.1) is 0 Å². The lowest BCUT2D eigenvalue weighted by Crippen LogP contribution is -2.47. The van der Waals surface area contributed by atoms with E-state index in [0.29, 0.717) is 32.5 Å². The van der Waals surface area contributed by atoms with E-state index in [-0.39, 0.29) is 30.4 Å². The van der Waals surface area contributed by atoms with Crippen molar-refractivity contribution >= 4 is 22.8 Å². The van der Waals surface area contributed by atoms with Gasteiger partial charge in [-0.2, -0.15) is 0 Å². The lowest BCUT2D eigenvalue weighted by atomic mass is 10.1. The number of likely N-dealkylation sites (tertiary alicyclic amines) is 1. The number of carbonyl (C=O) groups is 2. The van der Waals surface area contributed by atoms with Gasteiger partial charge >= 0.3 is 12.0 Å². The first kappa shape index (κ1) is 17.9. The normalized spacial score (nSPS) is 19.0. The largest absolute Gasteiger partial charge is 0.481 e. The molecule has 0 bridgehead atoms. The second kappa shape index (κ2) is 8.99. The van der Waals surface area contributed by atoms with Crippen LogP contribution in [0.15, 0.2) is 0 Å². The lowest BCUT2D eigenvalue weighted by Gasteiger charge is -2.32. The van der Waals surface area contributed by atoms with Gasteiger partial charge in [-0.1, -0.05) is 0 Å². The number of amides is 2. The monoisotopic (exact) mass is 320 g/mol. The van der Waals surface area contributed by atoms with Crippen molar-refractivity contribution in [2.24, 2.45) is 0 Å². The first-order chi connectivity index (χ1) is 9.90. The van der Waals surface area contributed by atoms with Crippen LogP contribution in [0.4, 0.5) is 4.79 Å². The van der Waals surface area contributed by atoms with Crippen molar-refractivity contribution in [2.45, 2.75) is 37.5 Å². The molecule has 8 heteroatoms. The van der Waals surface area contributed by atoms with E-state index in [1.54, 1.807) is 11.2 Å². The Balaban J connectivity index is 2.21. The first-order valence-electron chi connectivity index (χ1n) is 7.08. The highest BCUT2D eigenvalue weighted by atomic mass is 32.2. The Morgan fingerprint density at radius 3 is 2.57 bits per heavy atom. The molecule has 0 aromatic heterocycles. The van der Waals surface area contributed by atoms with Crippen molar-refractivity contribution in [3.63, 3.8) is 0 Å². The van der Waals surface area contributed by atoms with Crippen molar-refractivity contribution in [1.29, 1.82) is 0 Å². The van der Waals surface area contributed by atoms with Crippen molar-refractivity contribution in [2.75, 3.05) is 32.5 Å². The fourth-order valence-corrected chi connectivity index (χ4v) is 2.32. The number of rotatable bonds is 7. The minimum Gasteiger partial charge on any atom is -0.481 e. The van der Waals surface area contributed by atoms with Gasteiger partial charge in [-0.05, 0) is 19.8 Å². The van der Waals surface area contributed by atoms with Gasteiger partial charge < -0.3 is 20.1 Å². The van der Waals surface area contributed by atoms with E-state index in [4.69, 9.17) is 9.84 Å². The Morgan fingerprint density at radius 2 is 2.05 bits per heavy atom. The number of piperidine rings is 1. The van der Waals surface area contributed by atoms with Crippen molar-refractivity contribution < 1.29 is 23.6 Å². The minimum atomic E-state index is -0.946. The Kier molecular flexibility index (Phi) is 7.66. The third kappa shape index (κ3) is 6.90. The van der Waals surface area contributed by atoms with Gasteiger partial charge in [0.15, 0.2) is 0 Å². The molecule has 2 amide bonds. The summed E-state index contributed by atoms with van der Waals surface area (Å²) in [5.74, 6) is -0.866. The van der Waals surface area contributed by atoms with Crippen LogP contribution in [0.5, 0.6) is 0 Å². The molecule has 1 saturated heterocycles. The number of ether oxygens (including phenoxy) is 1. The van der Waals surface area contributed by atoms with Gasteiger partial charge in [-0.15, -0.1) is 0 Å². The van der Waals surface area contributed by atoms with Gasteiger partial charge in [0.2, 0.25) is 0 Å². The topological polar surface area (TPSA) is 95.9 Å². The summed E-state index contributed by atoms with van der Waals surface area (Å²) in [5, 5.41) is 11.3. The number of urea groups is 1. The van der Waals surface area contributed by atoms with Crippen molar-refractivity contribution in [1.82, 2.24) is 10.2 Å². The zero-order valence-electron chi connectivity index (χ0n) is 12.5. The van der Waals surface area contributed by atoms with Gasteiger partial charge in [0, 0.05) is 41.9 Å². The van der Waals surface area contributed by atoms with Crippen LogP contribution in [-0.2, 0) is 20.3 Å². The molecule has 0 aromatic rings. The average molecular weight is 320 g/mol. The van der Waals surface area contributed by atoms with Gasteiger partial charge in [0.25, 0.3) is 0 Å². The van der Waals surface area contributed by atoms with Crippen LogP contribution in [0.3, 0.4) is 0 Å². The van der Waals surface area contributed by atoms with Crippen LogP contribution in [-0.4, -0.2) is 70.1 Å². The smallest absolute Gasteiger partial charge is 0.317 e. The Labute approximate surface area is 127 Å². The summed E-state index contributed by atoms with van der Waals surface area (Å²) in [5.41, 5.74) is 0. The highest BCUT2D eigenvalue weighted by molar-refractivity contribution is 7.84. The SMILES string of the molecule is CC(CNC(=O)N1CCC(OCCC(=O)O)CC1)S(C)=O. The van der Waals surface area contributed by atoms with Gasteiger partial charge in [-0.3, -0.25) is 9.00 Å². The number of hydrogen-bond acceptors (Lipinski definition) is 4. The van der Waals surface area contributed by atoms with Crippen LogP contribution < -0.4 is 5.32 Å². The minimum absolute atomic E-state index is 0.00669. The Morgan fingerprint density at radius 1 is 1.43 bits per heavy atom. The van der Waals surface area contributed by atoms with Crippen LogP contribution in [0.1, 0.15) is 26.2 Å². The second-order valence-corrected chi connectivity index (χ2v) is 7.00. The molecule has 1 aliphatic rings. The number of hydrogen-bond donors (Lipinski definition) is 2. The van der Waals surface area contributed by atoms with E-state index in [1.165, 1.54) is 0 Å². The predicted octanol–water partition coefficient (Wildman–Crippen LogP) is 0.419. The molecular weight excluding hydrogens is 296 g/mol. The molecule has 0 aliphatic carbocycles. The molecule has 1 heterocycles. The summed E-state index contributed by atoms with van der Waals surface area (Å²) < 4.78 is 16.7. The Bertz CT molecular complexity index is 383. The fraction of sp³-hybridized carbons (Fsp3) is 0.846. The van der Waals surface area contributed by atoms with Gasteiger partial charge in [0.1, 0.15) is 0 Å². The van der Waals surface area contributed by atoms with E-state index >= 15 is 0 Å². The average Bonchev–Trinajstić information content (AvgIpc) is 2.44. The lowest BCUT2D eigenvalue weighted by molar-refractivity contribution is -0.138. The first-order valence-corrected chi connectivity index (χ1v) is 8.70. The zero-order chi connectivity index (χ0) is 15.8. The molecule has 2 N–H and O–H groups in total. The summed E-state index contributed by atoms with van der Waals surface area (Å²) >= 11 is 0. The van der Waals surface area contributed by atoms with Crippen LogP contribution in [0.25, 0.3) is 0 Å². The van der Waals surface area contributed by atoms with Gasteiger partial charge in [-0.25, -0.2) is 4.79 Å². The number of carbonyl (C=O) groups excluding carboxylic acids is 1. The molecule has 2 atom stereocenters. The third-order valence-corrected chi connectivity index (χ3v) is 4.81. The van der Waals surface area contributed by atoms with E-state index in [2.05, 4.69) is 5.32 Å². The number of carboxylic acid groups (broad SMARTS) is 1. The van der Waals surface area contributed by atoms with Gasteiger partial charge in [0.05, 0.1) is 19.1 Å². The molecule has 1 aliphatic heterocycles. The molecule has 0 aromatic carbocycles. The molecule has 21 heavy (non-hydrogen) atoms. The van der Waals surface area contributed by atoms with Crippen LogP contribution >= 0.6 is 0 Å². The molecule has 1 rings (SSSR count). The quantitative estimate of drug-likeness (QED) is 0.709. The summed E-state index contributed by atoms with van der Waals surface area (Å²) in [6.07, 6.45) is 3.07. The second-order valence-electron chi connectivity index (χ2n) is 5.20. The fourth-order valence-electron chi connectivity index (χ4n) is 2.00. The maximum absolute atomic E-state index is 11.9. The molecule has 0 saturated carbocycles. The Hall–Kier alpha value is -1.15. The number of aliphatic carboxylic acids is 1. The van der Waals surface area contributed by atoms with E-state index in [1.807, 2.05) is 6.92 Å².